The van der Waals surface area contributed by atoms with E-state index < -0.39 is 21.8 Å². The molecule has 0 aliphatic heterocycles. The van der Waals surface area contributed by atoms with Crippen molar-refractivity contribution in [2.45, 2.75) is 33.3 Å². The molecule has 1 radical (unpaired) electrons. The molecule has 193 valence electrons. The molecule has 0 unspecified atom stereocenters. The third-order valence-corrected chi connectivity index (χ3v) is 7.88. The summed E-state index contributed by atoms with van der Waals surface area (Å²) in [6.07, 6.45) is 1.30. The molecule has 5 heteroatoms. The van der Waals surface area contributed by atoms with Gasteiger partial charge in [-0.05, 0) is 29.9 Å². The van der Waals surface area contributed by atoms with Crippen LogP contribution < -0.4 is 5.19 Å². The summed E-state index contributed by atoms with van der Waals surface area (Å²) in [7, 11) is -1.38. The van der Waals surface area contributed by atoms with Crippen molar-refractivity contribution in [3.63, 3.8) is 0 Å². The van der Waals surface area contributed by atoms with Crippen LogP contribution >= 0.6 is 0 Å². The molecule has 0 spiro atoms. The van der Waals surface area contributed by atoms with Gasteiger partial charge < -0.3 is 9.40 Å². The third kappa shape index (κ3) is 6.19. The van der Waals surface area contributed by atoms with Gasteiger partial charge in [0.25, 0.3) is 0 Å². The number of benzene rings is 3. The first kappa shape index (κ1) is 20.6. The van der Waals surface area contributed by atoms with Gasteiger partial charge in [0.15, 0.2) is 0 Å². The zero-order valence-electron chi connectivity index (χ0n) is 27.3. The van der Waals surface area contributed by atoms with Crippen LogP contribution in [0.15, 0.2) is 95.5 Å². The fourth-order valence-electron chi connectivity index (χ4n) is 3.95. The van der Waals surface area contributed by atoms with Gasteiger partial charge in [-0.3, -0.25) is 4.98 Å². The molecule has 0 aliphatic carbocycles. The quantitative estimate of drug-likeness (QED) is 0.139. The van der Waals surface area contributed by atoms with Crippen LogP contribution in [0.3, 0.4) is 0 Å². The van der Waals surface area contributed by atoms with E-state index in [9.17, 15) is 0 Å². The van der Waals surface area contributed by atoms with Crippen molar-refractivity contribution in [2.24, 2.45) is 0 Å². The molecular weight excluding hydrogens is 661 g/mol. The molecule has 0 aliphatic rings. The van der Waals surface area contributed by atoms with Gasteiger partial charge >= 0.3 is 0 Å². The van der Waals surface area contributed by atoms with Gasteiger partial charge in [-0.1, -0.05) is 69.0 Å². The minimum absolute atomic E-state index is 0. The van der Waals surface area contributed by atoms with Crippen LogP contribution in [0.4, 0.5) is 0 Å². The number of fused-ring (bicyclic) bond motifs is 3. The van der Waals surface area contributed by atoms with Gasteiger partial charge in [-0.2, -0.15) is 0 Å². The second-order valence-corrected chi connectivity index (χ2v) is 14.8. The summed E-state index contributed by atoms with van der Waals surface area (Å²) in [5.41, 5.74) is 5.07. The Morgan fingerprint density at radius 3 is 2.26 bits per heavy atom. The maximum Gasteiger partial charge on any atom is 0.218 e. The molecule has 0 saturated carbocycles. The van der Waals surface area contributed by atoms with Crippen LogP contribution in [0.25, 0.3) is 44.6 Å². The zero-order chi connectivity index (χ0) is 31.0. The van der Waals surface area contributed by atoms with Gasteiger partial charge in [-0.25, -0.2) is 0 Å². The maximum atomic E-state index is 7.28. The molecule has 3 aromatic carbocycles. The SMILES string of the molecule is C[Si](C)(C)c1[c-]c(-c2ccc3c(n2)oc2ccccc23)ccc1.[2H]C([2H])([2H])c1c[c-]c(-c2ccc(C([2H])([2H])[2H])cn2)cc1.[Ir]. The Morgan fingerprint density at radius 1 is 0.763 bits per heavy atom. The Bertz CT molecular complexity index is 1820. The number of furan rings is 1. The molecule has 3 heterocycles. The maximum absolute atomic E-state index is 7.28. The zero-order valence-corrected chi connectivity index (χ0v) is 24.7. The molecule has 0 amide bonds. The van der Waals surface area contributed by atoms with Crippen molar-refractivity contribution in [3.05, 3.63) is 114 Å². The number of rotatable bonds is 3. The van der Waals surface area contributed by atoms with Crippen molar-refractivity contribution in [3.8, 4) is 22.5 Å². The fraction of sp³-hybridized carbons (Fsp3) is 0.152. The first-order chi connectivity index (χ1) is 20.2. The van der Waals surface area contributed by atoms with E-state index in [1.165, 1.54) is 29.6 Å². The van der Waals surface area contributed by atoms with Gasteiger partial charge in [-0.15, -0.1) is 70.4 Å². The Balaban J connectivity index is 0.000000199. The molecule has 3 aromatic heterocycles. The molecule has 6 rings (SSSR count). The monoisotopic (exact) mass is 697 g/mol. The van der Waals surface area contributed by atoms with E-state index in [1.54, 1.807) is 12.1 Å². The molecule has 0 saturated heterocycles. The number of para-hydroxylation sites is 1. The van der Waals surface area contributed by atoms with Crippen LogP contribution in [-0.2, 0) is 20.1 Å². The molecular formula is C33H30IrN2OSi-2. The number of aryl methyl sites for hydroxylation is 2. The number of hydrogen-bond acceptors (Lipinski definition) is 3. The molecule has 0 fully saturated rings. The van der Waals surface area contributed by atoms with E-state index in [1.807, 2.05) is 18.2 Å². The number of hydrogen-bond donors (Lipinski definition) is 0. The summed E-state index contributed by atoms with van der Waals surface area (Å²) in [5.74, 6) is 0. The second-order valence-electron chi connectivity index (χ2n) is 9.80. The van der Waals surface area contributed by atoms with E-state index in [-0.39, 0.29) is 31.2 Å². The second kappa shape index (κ2) is 11.6. The van der Waals surface area contributed by atoms with Crippen molar-refractivity contribution < 1.29 is 32.7 Å². The molecule has 6 aromatic rings. The number of pyridine rings is 2. The average molecular weight is 697 g/mol. The predicted octanol–water partition coefficient (Wildman–Crippen LogP) is 8.16. The minimum Gasteiger partial charge on any atom is -0.439 e. The van der Waals surface area contributed by atoms with Crippen molar-refractivity contribution >= 4 is 35.3 Å². The van der Waals surface area contributed by atoms with E-state index in [2.05, 4.69) is 73.2 Å². The first-order valence-corrected chi connectivity index (χ1v) is 15.5. The van der Waals surface area contributed by atoms with Crippen molar-refractivity contribution in [2.75, 3.05) is 0 Å². The van der Waals surface area contributed by atoms with Gasteiger partial charge in [0.05, 0.1) is 8.07 Å². The van der Waals surface area contributed by atoms with Crippen LogP contribution in [0.1, 0.15) is 19.4 Å². The average Bonchev–Trinajstić information content (AvgIpc) is 3.34. The Hall–Kier alpha value is -3.37. The van der Waals surface area contributed by atoms with Crippen LogP contribution in [0.5, 0.6) is 0 Å². The summed E-state index contributed by atoms with van der Waals surface area (Å²) < 4.78 is 49.5. The molecule has 0 N–H and O–H groups in total. The summed E-state index contributed by atoms with van der Waals surface area (Å²) in [6.45, 7) is 2.66. The summed E-state index contributed by atoms with van der Waals surface area (Å²) in [5, 5.41) is 3.49. The third-order valence-electron chi connectivity index (χ3n) is 5.98. The Labute approximate surface area is 247 Å². The van der Waals surface area contributed by atoms with Crippen LogP contribution in [-0.4, -0.2) is 18.0 Å². The standard InChI is InChI=1S/C20H18NOSi.C13H12N.Ir/c1-23(2,3)15-8-6-7-14(13-15)18-12-11-17-16-9-4-5-10-19(16)22-20(17)21-18;1-10-3-6-12(7-4-10)13-8-5-11(2)9-14-13;/h4-12H,1-3H3;3-6,8-9H,1-2H3;/q2*-1;/i;1D3,2D3;. The summed E-state index contributed by atoms with van der Waals surface area (Å²) in [6, 6.07) is 32.6. The van der Waals surface area contributed by atoms with E-state index in [0.717, 1.165) is 27.6 Å². The Kier molecular flexibility index (Phi) is 6.26. The molecule has 0 bridgehead atoms. The van der Waals surface area contributed by atoms with E-state index in [4.69, 9.17) is 17.6 Å². The summed E-state index contributed by atoms with van der Waals surface area (Å²) >= 11 is 0. The number of nitrogens with zero attached hydrogens (tertiary/aromatic N) is 2. The molecule has 38 heavy (non-hydrogen) atoms. The van der Waals surface area contributed by atoms with Gasteiger partial charge in [0, 0.05) is 45.3 Å². The van der Waals surface area contributed by atoms with Crippen molar-refractivity contribution in [1.82, 2.24) is 9.97 Å². The summed E-state index contributed by atoms with van der Waals surface area (Å²) in [4.78, 5) is 8.80. The van der Waals surface area contributed by atoms with Crippen LogP contribution in [0.2, 0.25) is 19.6 Å². The van der Waals surface area contributed by atoms with E-state index in [0.29, 0.717) is 17.0 Å². The topological polar surface area (TPSA) is 38.9 Å². The van der Waals surface area contributed by atoms with Gasteiger partial charge in [0.2, 0.25) is 5.71 Å². The number of aromatic nitrogens is 2. The fourth-order valence-corrected chi connectivity index (χ4v) is 5.05. The smallest absolute Gasteiger partial charge is 0.218 e. The van der Waals surface area contributed by atoms with E-state index >= 15 is 0 Å². The molecule has 0 atom stereocenters. The van der Waals surface area contributed by atoms with Gasteiger partial charge in [0.1, 0.15) is 5.58 Å². The first-order valence-electron chi connectivity index (χ1n) is 15.0. The largest absolute Gasteiger partial charge is 0.439 e. The van der Waals surface area contributed by atoms with Crippen LogP contribution in [0, 0.1) is 25.8 Å². The minimum atomic E-state index is -2.18. The normalized spacial score (nSPS) is 14.1. The Morgan fingerprint density at radius 2 is 1.55 bits per heavy atom. The molecule has 3 nitrogen and oxygen atoms in total. The van der Waals surface area contributed by atoms with Crippen molar-refractivity contribution in [1.29, 1.82) is 0 Å². The predicted molar refractivity (Wildman–Crippen MR) is 157 cm³/mol.